The van der Waals surface area contributed by atoms with Gasteiger partial charge in [0.05, 0.1) is 0 Å². The molecule has 0 aliphatic carbocycles. The van der Waals surface area contributed by atoms with Crippen LogP contribution >= 0.6 is 12.4 Å². The molecule has 1 aliphatic heterocycles. The maximum atomic E-state index is 12.8. The van der Waals surface area contributed by atoms with E-state index in [2.05, 4.69) is 5.32 Å². The van der Waals surface area contributed by atoms with Crippen LogP contribution in [0.5, 0.6) is 11.5 Å². The molecule has 0 bridgehead atoms. The SMILES string of the molecule is Cl.Fc1ccc(CCNCc2ccc3c(c2)OCCO3)cc1. The van der Waals surface area contributed by atoms with Gasteiger partial charge >= 0.3 is 0 Å². The van der Waals surface area contributed by atoms with Crippen molar-refractivity contribution in [2.45, 2.75) is 13.0 Å². The standard InChI is InChI=1S/C17H18FNO2.ClH/c18-15-4-1-13(2-5-15)7-8-19-12-14-3-6-16-17(11-14)21-10-9-20-16;/h1-6,11,19H,7-10,12H2;1H. The van der Waals surface area contributed by atoms with Crippen LogP contribution in [-0.4, -0.2) is 19.8 Å². The van der Waals surface area contributed by atoms with Gasteiger partial charge in [-0.3, -0.25) is 0 Å². The molecule has 3 rings (SSSR count). The van der Waals surface area contributed by atoms with Crippen LogP contribution < -0.4 is 14.8 Å². The van der Waals surface area contributed by atoms with Gasteiger partial charge in [0.1, 0.15) is 19.0 Å². The Hall–Kier alpha value is -1.78. The maximum Gasteiger partial charge on any atom is 0.161 e. The topological polar surface area (TPSA) is 30.5 Å². The van der Waals surface area contributed by atoms with Crippen molar-refractivity contribution in [3.05, 3.63) is 59.4 Å². The van der Waals surface area contributed by atoms with Gasteiger partial charge in [-0.15, -0.1) is 12.4 Å². The highest BCUT2D eigenvalue weighted by molar-refractivity contribution is 5.85. The molecule has 0 saturated carbocycles. The molecule has 0 amide bonds. The first-order chi connectivity index (χ1) is 10.3. The van der Waals surface area contributed by atoms with E-state index in [0.29, 0.717) is 13.2 Å². The van der Waals surface area contributed by atoms with E-state index in [1.165, 1.54) is 17.7 Å². The van der Waals surface area contributed by atoms with E-state index in [-0.39, 0.29) is 18.2 Å². The van der Waals surface area contributed by atoms with Crippen molar-refractivity contribution < 1.29 is 13.9 Å². The lowest BCUT2D eigenvalue weighted by molar-refractivity contribution is 0.171. The van der Waals surface area contributed by atoms with Gasteiger partial charge in [-0.1, -0.05) is 18.2 Å². The van der Waals surface area contributed by atoms with Crippen LogP contribution in [0.3, 0.4) is 0 Å². The summed E-state index contributed by atoms with van der Waals surface area (Å²) in [6.45, 7) is 2.84. The minimum absolute atomic E-state index is 0. The van der Waals surface area contributed by atoms with Crippen LogP contribution in [0.4, 0.5) is 4.39 Å². The average Bonchev–Trinajstić information content (AvgIpc) is 2.53. The second kappa shape index (κ2) is 8.01. The van der Waals surface area contributed by atoms with Crippen molar-refractivity contribution in [2.75, 3.05) is 19.8 Å². The first-order valence-corrected chi connectivity index (χ1v) is 7.15. The molecule has 1 aliphatic rings. The fourth-order valence-electron chi connectivity index (χ4n) is 2.31. The number of hydrogen-bond donors (Lipinski definition) is 1. The summed E-state index contributed by atoms with van der Waals surface area (Å²) in [7, 11) is 0. The third-order valence-corrected chi connectivity index (χ3v) is 3.44. The quantitative estimate of drug-likeness (QED) is 0.856. The highest BCUT2D eigenvalue weighted by Gasteiger charge is 2.11. The lowest BCUT2D eigenvalue weighted by Crippen LogP contribution is -2.18. The molecular formula is C17H19ClFNO2. The molecule has 2 aromatic carbocycles. The van der Waals surface area contributed by atoms with Crippen molar-refractivity contribution >= 4 is 12.4 Å². The van der Waals surface area contributed by atoms with Crippen molar-refractivity contribution in [2.24, 2.45) is 0 Å². The summed E-state index contributed by atoms with van der Waals surface area (Å²) in [5.41, 5.74) is 2.30. The number of ether oxygens (including phenoxy) is 2. The average molecular weight is 324 g/mol. The zero-order chi connectivity index (χ0) is 14.5. The summed E-state index contributed by atoms with van der Waals surface area (Å²) in [6, 6.07) is 12.6. The molecule has 0 atom stereocenters. The molecule has 0 saturated heterocycles. The molecular weight excluding hydrogens is 305 g/mol. The smallest absolute Gasteiger partial charge is 0.161 e. The molecule has 5 heteroatoms. The Labute approximate surface area is 135 Å². The fraction of sp³-hybridized carbons (Fsp3) is 0.294. The highest BCUT2D eigenvalue weighted by Crippen LogP contribution is 2.30. The number of fused-ring (bicyclic) bond motifs is 1. The monoisotopic (exact) mass is 323 g/mol. The predicted octanol–water partition coefficient (Wildman–Crippen LogP) is 3.35. The zero-order valence-electron chi connectivity index (χ0n) is 12.2. The zero-order valence-corrected chi connectivity index (χ0v) is 13.0. The molecule has 0 aromatic heterocycles. The van der Waals surface area contributed by atoms with Crippen LogP contribution in [0, 0.1) is 5.82 Å². The van der Waals surface area contributed by atoms with Gasteiger partial charge in [0.25, 0.3) is 0 Å². The summed E-state index contributed by atoms with van der Waals surface area (Å²) < 4.78 is 23.9. The Morgan fingerprint density at radius 1 is 0.909 bits per heavy atom. The fourth-order valence-corrected chi connectivity index (χ4v) is 2.31. The molecule has 2 aromatic rings. The van der Waals surface area contributed by atoms with E-state index in [4.69, 9.17) is 9.47 Å². The third-order valence-electron chi connectivity index (χ3n) is 3.44. The second-order valence-corrected chi connectivity index (χ2v) is 5.03. The molecule has 0 fully saturated rings. The summed E-state index contributed by atoms with van der Waals surface area (Å²) in [4.78, 5) is 0. The van der Waals surface area contributed by atoms with Gasteiger partial charge < -0.3 is 14.8 Å². The normalized spacial score (nSPS) is 12.6. The van der Waals surface area contributed by atoms with Crippen molar-refractivity contribution in [3.63, 3.8) is 0 Å². The minimum atomic E-state index is -0.192. The van der Waals surface area contributed by atoms with Crippen LogP contribution in [0.15, 0.2) is 42.5 Å². The van der Waals surface area contributed by atoms with Crippen LogP contribution in [-0.2, 0) is 13.0 Å². The van der Waals surface area contributed by atoms with Gasteiger partial charge in [0.15, 0.2) is 11.5 Å². The lowest BCUT2D eigenvalue weighted by Gasteiger charge is -2.19. The second-order valence-electron chi connectivity index (χ2n) is 5.03. The summed E-state index contributed by atoms with van der Waals surface area (Å²) >= 11 is 0. The van der Waals surface area contributed by atoms with E-state index in [1.54, 1.807) is 0 Å². The van der Waals surface area contributed by atoms with Gasteiger partial charge in [0.2, 0.25) is 0 Å². The van der Waals surface area contributed by atoms with Gasteiger partial charge in [-0.05, 0) is 48.4 Å². The first-order valence-electron chi connectivity index (χ1n) is 7.15. The summed E-state index contributed by atoms with van der Waals surface area (Å²) in [6.07, 6.45) is 0.880. The van der Waals surface area contributed by atoms with E-state index in [0.717, 1.165) is 36.6 Å². The number of halogens is 2. The number of nitrogens with one attached hydrogen (secondary N) is 1. The van der Waals surface area contributed by atoms with Crippen molar-refractivity contribution in [1.29, 1.82) is 0 Å². The predicted molar refractivity (Wildman–Crippen MR) is 86.5 cm³/mol. The van der Waals surface area contributed by atoms with Gasteiger partial charge in [0, 0.05) is 6.54 Å². The molecule has 3 nitrogen and oxygen atoms in total. The van der Waals surface area contributed by atoms with Crippen molar-refractivity contribution in [3.8, 4) is 11.5 Å². The highest BCUT2D eigenvalue weighted by atomic mass is 35.5. The maximum absolute atomic E-state index is 12.8. The van der Waals surface area contributed by atoms with E-state index < -0.39 is 0 Å². The van der Waals surface area contributed by atoms with Crippen molar-refractivity contribution in [1.82, 2.24) is 5.32 Å². The van der Waals surface area contributed by atoms with E-state index in [1.807, 2.05) is 30.3 Å². The number of hydrogen-bond acceptors (Lipinski definition) is 3. The Morgan fingerprint density at radius 2 is 1.59 bits per heavy atom. The molecule has 1 N–H and O–H groups in total. The molecule has 0 radical (unpaired) electrons. The van der Waals surface area contributed by atoms with Gasteiger partial charge in [-0.2, -0.15) is 0 Å². The van der Waals surface area contributed by atoms with E-state index >= 15 is 0 Å². The van der Waals surface area contributed by atoms with Crippen LogP contribution in [0.1, 0.15) is 11.1 Å². The largest absolute Gasteiger partial charge is 0.486 e. The Morgan fingerprint density at radius 3 is 2.36 bits per heavy atom. The Balaban J connectivity index is 0.00000176. The molecule has 0 unspecified atom stereocenters. The molecule has 118 valence electrons. The summed E-state index contributed by atoms with van der Waals surface area (Å²) in [5.74, 6) is 1.44. The molecule has 0 spiro atoms. The summed E-state index contributed by atoms with van der Waals surface area (Å²) in [5, 5.41) is 3.38. The Bertz CT molecular complexity index is 604. The van der Waals surface area contributed by atoms with Crippen LogP contribution in [0.2, 0.25) is 0 Å². The Kier molecular flexibility index (Phi) is 6.04. The molecule has 22 heavy (non-hydrogen) atoms. The molecule has 1 heterocycles. The van der Waals surface area contributed by atoms with E-state index in [9.17, 15) is 4.39 Å². The lowest BCUT2D eigenvalue weighted by atomic mass is 10.1. The van der Waals surface area contributed by atoms with Gasteiger partial charge in [-0.25, -0.2) is 4.39 Å². The van der Waals surface area contributed by atoms with Crippen LogP contribution in [0.25, 0.3) is 0 Å². The third kappa shape index (κ3) is 4.36. The minimum Gasteiger partial charge on any atom is -0.486 e. The number of rotatable bonds is 5. The number of benzene rings is 2. The first kappa shape index (κ1) is 16.6.